The summed E-state index contributed by atoms with van der Waals surface area (Å²) < 4.78 is 37.9. The zero-order valence-electron chi connectivity index (χ0n) is 12.9. The van der Waals surface area contributed by atoms with Crippen molar-refractivity contribution in [2.75, 3.05) is 0 Å². The molecule has 1 aliphatic carbocycles. The third kappa shape index (κ3) is 4.74. The van der Waals surface area contributed by atoms with Crippen molar-refractivity contribution in [2.24, 2.45) is 0 Å². The van der Waals surface area contributed by atoms with Crippen LogP contribution < -0.4 is 0 Å². The molecule has 0 aromatic heterocycles. The van der Waals surface area contributed by atoms with Gasteiger partial charge in [-0.2, -0.15) is 13.2 Å². The molecule has 0 N–H and O–H groups in total. The van der Waals surface area contributed by atoms with E-state index in [9.17, 15) is 13.2 Å². The van der Waals surface area contributed by atoms with Crippen molar-refractivity contribution in [3.63, 3.8) is 0 Å². The summed E-state index contributed by atoms with van der Waals surface area (Å²) in [5.41, 5.74) is 4.99. The third-order valence-electron chi connectivity index (χ3n) is 3.94. The molecule has 6 heteroatoms. The van der Waals surface area contributed by atoms with Crippen molar-refractivity contribution in [1.82, 2.24) is 0 Å². The van der Waals surface area contributed by atoms with Crippen LogP contribution in [0.25, 0.3) is 17.2 Å². The SMILES string of the molecule is CCC1=Cc2c(cccc2-c2ccc(C(F)(F)F)cc2)C1.[Cl][Zr][Cl]. The van der Waals surface area contributed by atoms with Crippen LogP contribution in [0.5, 0.6) is 0 Å². The van der Waals surface area contributed by atoms with Gasteiger partial charge in [0.05, 0.1) is 5.56 Å². The fraction of sp³-hybridized carbons (Fsp3) is 0.222. The molecule has 0 atom stereocenters. The Labute approximate surface area is 158 Å². The molecule has 1 aliphatic rings. The summed E-state index contributed by atoms with van der Waals surface area (Å²) in [5, 5.41) is 0. The van der Waals surface area contributed by atoms with Crippen molar-refractivity contribution >= 4 is 23.1 Å². The fourth-order valence-corrected chi connectivity index (χ4v) is 2.75. The zero-order chi connectivity index (χ0) is 17.7. The second-order valence-corrected chi connectivity index (χ2v) is 9.09. The summed E-state index contributed by atoms with van der Waals surface area (Å²) in [5.74, 6) is 0. The standard InChI is InChI=1S/C18H15F3.2ClH.Zr/c1-2-12-10-14-4-3-5-16(17(14)11-12)13-6-8-15(9-7-13)18(19,20)21;;;/h3-9,11H,2,10H2,1H3;2*1H;/q;;;+2/p-2. The van der Waals surface area contributed by atoms with Crippen molar-refractivity contribution in [1.29, 1.82) is 0 Å². The molecule has 126 valence electrons. The van der Waals surface area contributed by atoms with Gasteiger partial charge in [0, 0.05) is 0 Å². The van der Waals surface area contributed by atoms with Gasteiger partial charge in [-0.15, -0.1) is 0 Å². The molecule has 0 bridgehead atoms. The van der Waals surface area contributed by atoms with Crippen molar-refractivity contribution in [2.45, 2.75) is 25.9 Å². The Bertz CT molecular complexity index is 722. The first-order valence-corrected chi connectivity index (χ1v) is 13.7. The maximum absolute atomic E-state index is 12.6. The molecule has 0 heterocycles. The molecule has 2 aromatic rings. The van der Waals surface area contributed by atoms with E-state index in [1.54, 1.807) is 12.1 Å². The minimum absolute atomic E-state index is 0.608. The number of fused-ring (bicyclic) bond motifs is 1. The van der Waals surface area contributed by atoms with Crippen LogP contribution in [0.4, 0.5) is 13.2 Å². The molecule has 3 rings (SSSR count). The van der Waals surface area contributed by atoms with Gasteiger partial charge in [0.15, 0.2) is 0 Å². The summed E-state index contributed by atoms with van der Waals surface area (Å²) >= 11 is -0.826. The quantitative estimate of drug-likeness (QED) is 0.458. The molecular weight excluding hydrogens is 435 g/mol. The molecule has 0 saturated carbocycles. The average molecular weight is 450 g/mol. The molecule has 0 nitrogen and oxygen atoms in total. The van der Waals surface area contributed by atoms with Crippen LogP contribution in [0.2, 0.25) is 0 Å². The van der Waals surface area contributed by atoms with Gasteiger partial charge in [-0.05, 0) is 47.2 Å². The molecule has 0 saturated heterocycles. The number of alkyl halides is 3. The van der Waals surface area contributed by atoms with Crippen LogP contribution in [0.3, 0.4) is 0 Å². The Morgan fingerprint density at radius 2 is 1.67 bits per heavy atom. The summed E-state index contributed by atoms with van der Waals surface area (Å²) in [6, 6.07) is 11.4. The Balaban J connectivity index is 0.000000647. The van der Waals surface area contributed by atoms with Crippen LogP contribution in [0.15, 0.2) is 48.0 Å². The molecule has 0 amide bonds. The zero-order valence-corrected chi connectivity index (χ0v) is 16.9. The molecule has 24 heavy (non-hydrogen) atoms. The number of halogens is 5. The first kappa shape index (κ1) is 19.8. The van der Waals surface area contributed by atoms with Crippen LogP contribution in [-0.4, -0.2) is 0 Å². The molecule has 0 spiro atoms. The van der Waals surface area contributed by atoms with Crippen LogP contribution in [0.1, 0.15) is 30.0 Å². The van der Waals surface area contributed by atoms with Gasteiger partial charge in [0.25, 0.3) is 0 Å². The third-order valence-corrected chi connectivity index (χ3v) is 3.94. The Hall–Kier alpha value is -0.567. The molecule has 0 unspecified atom stereocenters. The first-order chi connectivity index (χ1) is 11.4. The Morgan fingerprint density at radius 1 is 1.04 bits per heavy atom. The number of hydrogen-bond acceptors (Lipinski definition) is 0. The normalized spacial score (nSPS) is 12.8. The van der Waals surface area contributed by atoms with E-state index in [2.05, 4.69) is 19.1 Å². The van der Waals surface area contributed by atoms with Gasteiger partial charge in [-0.25, -0.2) is 0 Å². The summed E-state index contributed by atoms with van der Waals surface area (Å²) in [6.07, 6.45) is -0.170. The monoisotopic (exact) mass is 448 g/mol. The molecule has 2 aromatic carbocycles. The van der Waals surface area contributed by atoms with E-state index in [4.69, 9.17) is 17.0 Å². The molecular formula is C18H15Cl2F3Zr. The van der Waals surface area contributed by atoms with E-state index < -0.39 is 32.6 Å². The van der Waals surface area contributed by atoms with E-state index >= 15 is 0 Å². The van der Waals surface area contributed by atoms with E-state index in [1.165, 1.54) is 11.1 Å². The second-order valence-electron chi connectivity index (χ2n) is 5.36. The van der Waals surface area contributed by atoms with Crippen molar-refractivity contribution in [3.8, 4) is 11.1 Å². The Kier molecular flexibility index (Phi) is 7.15. The van der Waals surface area contributed by atoms with Crippen molar-refractivity contribution in [3.05, 3.63) is 64.7 Å². The van der Waals surface area contributed by atoms with Gasteiger partial charge < -0.3 is 0 Å². The summed E-state index contributed by atoms with van der Waals surface area (Å²) in [4.78, 5) is 0. The summed E-state index contributed by atoms with van der Waals surface area (Å²) in [6.45, 7) is 2.12. The van der Waals surface area contributed by atoms with Gasteiger partial charge in [-0.1, -0.05) is 48.9 Å². The fourth-order valence-electron chi connectivity index (χ4n) is 2.75. The van der Waals surface area contributed by atoms with E-state index in [1.807, 2.05) is 12.1 Å². The van der Waals surface area contributed by atoms with E-state index in [-0.39, 0.29) is 0 Å². The minimum atomic E-state index is -4.29. The first-order valence-electron chi connectivity index (χ1n) is 7.36. The van der Waals surface area contributed by atoms with Crippen LogP contribution in [0, 0.1) is 0 Å². The number of allylic oxidation sites excluding steroid dienone is 1. The van der Waals surface area contributed by atoms with Gasteiger partial charge in [0.1, 0.15) is 0 Å². The van der Waals surface area contributed by atoms with Crippen LogP contribution >= 0.6 is 17.0 Å². The van der Waals surface area contributed by atoms with Gasteiger partial charge in [-0.3, -0.25) is 0 Å². The van der Waals surface area contributed by atoms with E-state index in [0.29, 0.717) is 0 Å². The van der Waals surface area contributed by atoms with Gasteiger partial charge in [0.2, 0.25) is 0 Å². The number of hydrogen-bond donors (Lipinski definition) is 0. The summed E-state index contributed by atoms with van der Waals surface area (Å²) in [7, 11) is 9.87. The molecule has 0 radical (unpaired) electrons. The number of benzene rings is 2. The predicted molar refractivity (Wildman–Crippen MR) is 90.6 cm³/mol. The Morgan fingerprint density at radius 3 is 2.21 bits per heavy atom. The van der Waals surface area contributed by atoms with Crippen LogP contribution in [-0.2, 0) is 33.4 Å². The predicted octanol–water partition coefficient (Wildman–Crippen LogP) is 7.10. The average Bonchev–Trinajstić information content (AvgIpc) is 2.98. The molecule has 0 fully saturated rings. The second kappa shape index (κ2) is 8.69. The maximum atomic E-state index is 12.6. The van der Waals surface area contributed by atoms with Crippen molar-refractivity contribution < 1.29 is 34.0 Å². The van der Waals surface area contributed by atoms with Gasteiger partial charge >= 0.3 is 44.1 Å². The topological polar surface area (TPSA) is 0 Å². The molecule has 0 aliphatic heterocycles. The van der Waals surface area contributed by atoms with E-state index in [0.717, 1.165) is 41.7 Å². The number of rotatable bonds is 2.